The third-order valence-electron chi connectivity index (χ3n) is 3.09. The molecular weight excluding hydrogens is 302 g/mol. The predicted molar refractivity (Wildman–Crippen MR) is 86.9 cm³/mol. The molecule has 0 saturated carbocycles. The van der Waals surface area contributed by atoms with Crippen molar-refractivity contribution in [3.05, 3.63) is 35.9 Å². The Morgan fingerprint density at radius 2 is 1.78 bits per heavy atom. The maximum absolute atomic E-state index is 13.7. The highest BCUT2D eigenvalue weighted by Crippen LogP contribution is 2.15. The third kappa shape index (κ3) is 8.50. The minimum absolute atomic E-state index is 0.130. The number of rotatable bonds is 7. The molecule has 2 N–H and O–H groups in total. The fourth-order valence-electron chi connectivity index (χ4n) is 1.95. The minimum atomic E-state index is -3.03. The van der Waals surface area contributed by atoms with Crippen LogP contribution in [0.1, 0.15) is 39.2 Å². The fraction of sp³-hybridized carbons (Fsp3) is 0.588. The smallest absolute Gasteiger partial charge is 0.407 e. The van der Waals surface area contributed by atoms with Crippen LogP contribution in [0.25, 0.3) is 0 Å². The monoisotopic (exact) mass is 328 g/mol. The van der Waals surface area contributed by atoms with E-state index in [1.165, 1.54) is 0 Å². The summed E-state index contributed by atoms with van der Waals surface area (Å²) < 4.78 is 32.4. The molecule has 1 rings (SSSR count). The summed E-state index contributed by atoms with van der Waals surface area (Å²) in [7, 11) is 0. The Labute approximate surface area is 136 Å². The van der Waals surface area contributed by atoms with Gasteiger partial charge in [-0.2, -0.15) is 0 Å². The van der Waals surface area contributed by atoms with Crippen LogP contribution in [-0.2, 0) is 4.74 Å². The van der Waals surface area contributed by atoms with Crippen LogP contribution in [-0.4, -0.2) is 37.3 Å². The Hall–Kier alpha value is -1.69. The molecule has 0 aliphatic rings. The standard InChI is InChI=1S/C17H26F2N2O2/c1-13(14-8-6-5-7-9-14)10-20-11-17(18,19)12-21-15(22)23-16(2,3)4/h5-9,13,20H,10-12H2,1-4H3,(H,21,22). The zero-order valence-electron chi connectivity index (χ0n) is 14.2. The molecule has 6 heteroatoms. The molecule has 0 heterocycles. The first kappa shape index (κ1) is 19.4. The fourth-order valence-corrected chi connectivity index (χ4v) is 1.95. The molecule has 0 fully saturated rings. The molecule has 0 aliphatic carbocycles. The summed E-state index contributed by atoms with van der Waals surface area (Å²) in [5.74, 6) is -2.90. The molecule has 0 aliphatic heterocycles. The van der Waals surface area contributed by atoms with Crippen LogP contribution in [0.5, 0.6) is 0 Å². The van der Waals surface area contributed by atoms with Gasteiger partial charge in [0.2, 0.25) is 0 Å². The molecule has 130 valence electrons. The summed E-state index contributed by atoms with van der Waals surface area (Å²) in [6.07, 6.45) is -0.838. The highest BCUT2D eigenvalue weighted by Gasteiger charge is 2.30. The van der Waals surface area contributed by atoms with Crippen molar-refractivity contribution in [3.8, 4) is 0 Å². The average Bonchev–Trinajstić information content (AvgIpc) is 2.44. The summed E-state index contributed by atoms with van der Waals surface area (Å²) in [5.41, 5.74) is 0.387. The lowest BCUT2D eigenvalue weighted by Gasteiger charge is -2.22. The summed E-state index contributed by atoms with van der Waals surface area (Å²) in [6, 6.07) is 9.69. The van der Waals surface area contributed by atoms with E-state index in [2.05, 4.69) is 10.6 Å². The summed E-state index contributed by atoms with van der Waals surface area (Å²) in [6.45, 7) is 6.19. The number of alkyl halides is 2. The van der Waals surface area contributed by atoms with Gasteiger partial charge in [0, 0.05) is 6.54 Å². The quantitative estimate of drug-likeness (QED) is 0.805. The molecule has 0 bridgehead atoms. The maximum Gasteiger partial charge on any atom is 0.407 e. The average molecular weight is 328 g/mol. The highest BCUT2D eigenvalue weighted by atomic mass is 19.3. The van der Waals surface area contributed by atoms with E-state index in [1.807, 2.05) is 37.3 Å². The number of amides is 1. The Morgan fingerprint density at radius 1 is 1.17 bits per heavy atom. The van der Waals surface area contributed by atoms with Gasteiger partial charge in [-0.15, -0.1) is 0 Å². The second-order valence-corrected chi connectivity index (χ2v) is 6.65. The highest BCUT2D eigenvalue weighted by molar-refractivity contribution is 5.67. The third-order valence-corrected chi connectivity index (χ3v) is 3.09. The first-order valence-electron chi connectivity index (χ1n) is 7.69. The normalized spacial score (nSPS) is 13.5. The van der Waals surface area contributed by atoms with Crippen LogP contribution in [0.2, 0.25) is 0 Å². The number of nitrogens with one attached hydrogen (secondary N) is 2. The van der Waals surface area contributed by atoms with Crippen LogP contribution >= 0.6 is 0 Å². The second kappa shape index (κ2) is 8.24. The van der Waals surface area contributed by atoms with Crippen molar-refractivity contribution >= 4 is 6.09 Å². The zero-order chi connectivity index (χ0) is 17.5. The van der Waals surface area contributed by atoms with E-state index in [9.17, 15) is 13.6 Å². The van der Waals surface area contributed by atoms with Gasteiger partial charge in [-0.05, 0) is 32.3 Å². The summed E-state index contributed by atoms with van der Waals surface area (Å²) >= 11 is 0. The summed E-state index contributed by atoms with van der Waals surface area (Å²) in [4.78, 5) is 11.4. The van der Waals surface area contributed by atoms with Crippen LogP contribution < -0.4 is 10.6 Å². The van der Waals surface area contributed by atoms with Gasteiger partial charge < -0.3 is 15.4 Å². The lowest BCUT2D eigenvalue weighted by Crippen LogP contribution is -2.45. The molecule has 0 spiro atoms. The molecule has 4 nitrogen and oxygen atoms in total. The van der Waals surface area contributed by atoms with Gasteiger partial charge in [0.05, 0.1) is 13.1 Å². The van der Waals surface area contributed by atoms with Crippen molar-refractivity contribution < 1.29 is 18.3 Å². The van der Waals surface area contributed by atoms with Crippen LogP contribution in [0.3, 0.4) is 0 Å². The molecule has 0 aromatic heterocycles. The van der Waals surface area contributed by atoms with E-state index in [0.29, 0.717) is 6.54 Å². The molecule has 1 atom stereocenters. The first-order chi connectivity index (χ1) is 10.6. The first-order valence-corrected chi connectivity index (χ1v) is 7.69. The van der Waals surface area contributed by atoms with E-state index in [-0.39, 0.29) is 5.92 Å². The van der Waals surface area contributed by atoms with Gasteiger partial charge in [0.25, 0.3) is 5.92 Å². The van der Waals surface area contributed by atoms with Crippen molar-refractivity contribution in [1.82, 2.24) is 10.6 Å². The number of benzene rings is 1. The summed E-state index contributed by atoms with van der Waals surface area (Å²) in [5, 5.41) is 4.85. The van der Waals surface area contributed by atoms with E-state index < -0.39 is 30.7 Å². The number of carbonyl (C=O) groups excluding carboxylic acids is 1. The number of hydrogen-bond acceptors (Lipinski definition) is 3. The number of carbonyl (C=O) groups is 1. The van der Waals surface area contributed by atoms with Crippen molar-refractivity contribution in [1.29, 1.82) is 0 Å². The lowest BCUT2D eigenvalue weighted by atomic mass is 10.0. The van der Waals surface area contributed by atoms with Crippen molar-refractivity contribution in [2.45, 2.75) is 45.1 Å². The van der Waals surface area contributed by atoms with Gasteiger partial charge in [-0.25, -0.2) is 13.6 Å². The number of halogens is 2. The van der Waals surface area contributed by atoms with Crippen molar-refractivity contribution in [2.75, 3.05) is 19.6 Å². The number of hydrogen-bond donors (Lipinski definition) is 2. The van der Waals surface area contributed by atoms with Crippen molar-refractivity contribution in [3.63, 3.8) is 0 Å². The Morgan fingerprint density at radius 3 is 2.35 bits per heavy atom. The van der Waals surface area contributed by atoms with Gasteiger partial charge in [0.1, 0.15) is 5.60 Å². The van der Waals surface area contributed by atoms with E-state index in [1.54, 1.807) is 20.8 Å². The molecule has 1 aromatic rings. The Balaban J connectivity index is 2.31. The van der Waals surface area contributed by atoms with Crippen molar-refractivity contribution in [2.24, 2.45) is 0 Å². The Bertz CT molecular complexity index is 487. The molecule has 1 unspecified atom stereocenters. The maximum atomic E-state index is 13.7. The van der Waals surface area contributed by atoms with E-state index >= 15 is 0 Å². The molecule has 23 heavy (non-hydrogen) atoms. The topological polar surface area (TPSA) is 50.4 Å². The van der Waals surface area contributed by atoms with E-state index in [0.717, 1.165) is 5.56 Å². The number of alkyl carbamates (subject to hydrolysis) is 1. The Kier molecular flexibility index (Phi) is 6.94. The van der Waals surface area contributed by atoms with Gasteiger partial charge in [0.15, 0.2) is 0 Å². The van der Waals surface area contributed by atoms with Gasteiger partial charge in [-0.3, -0.25) is 0 Å². The second-order valence-electron chi connectivity index (χ2n) is 6.65. The van der Waals surface area contributed by atoms with Gasteiger partial charge in [-0.1, -0.05) is 37.3 Å². The van der Waals surface area contributed by atoms with Crippen LogP contribution in [0.4, 0.5) is 13.6 Å². The lowest BCUT2D eigenvalue weighted by molar-refractivity contribution is -0.00356. The molecule has 0 saturated heterocycles. The van der Waals surface area contributed by atoms with Crippen LogP contribution in [0.15, 0.2) is 30.3 Å². The molecule has 0 radical (unpaired) electrons. The minimum Gasteiger partial charge on any atom is -0.444 e. The van der Waals surface area contributed by atoms with Crippen LogP contribution in [0, 0.1) is 0 Å². The molecule has 1 aromatic carbocycles. The predicted octanol–water partition coefficient (Wildman–Crippen LogP) is 3.54. The molecular formula is C17H26F2N2O2. The van der Waals surface area contributed by atoms with E-state index in [4.69, 9.17) is 4.74 Å². The van der Waals surface area contributed by atoms with Gasteiger partial charge >= 0.3 is 6.09 Å². The largest absolute Gasteiger partial charge is 0.444 e. The SMILES string of the molecule is CC(CNCC(F)(F)CNC(=O)OC(C)(C)C)c1ccccc1. The number of ether oxygens (including phenoxy) is 1. The zero-order valence-corrected chi connectivity index (χ0v) is 14.2. The molecule has 1 amide bonds.